The Morgan fingerprint density at radius 3 is 3.00 bits per heavy atom. The molecule has 0 spiro atoms. The molecule has 1 aromatic carbocycles. The Morgan fingerprint density at radius 2 is 2.22 bits per heavy atom. The average molecular weight is 241 g/mol. The number of benzene rings is 1. The van der Waals surface area contributed by atoms with Crippen molar-refractivity contribution in [1.29, 1.82) is 0 Å². The number of aromatic hydroxyl groups is 1. The fourth-order valence-corrected chi connectivity index (χ4v) is 1.81. The Morgan fingerprint density at radius 1 is 1.33 bits per heavy atom. The topological polar surface area (TPSA) is 59.7 Å². The van der Waals surface area contributed by atoms with Crippen LogP contribution in [-0.2, 0) is 0 Å². The molecule has 3 rings (SSSR count). The van der Waals surface area contributed by atoms with Gasteiger partial charge < -0.3 is 9.84 Å². The number of hydrogen-bond acceptors (Lipinski definition) is 4. The van der Waals surface area contributed by atoms with E-state index in [0.717, 1.165) is 11.3 Å². The molecule has 0 atom stereocenters. The van der Waals surface area contributed by atoms with Gasteiger partial charge in [0, 0.05) is 24.2 Å². The summed E-state index contributed by atoms with van der Waals surface area (Å²) in [6.07, 6.45) is 5.47. The molecule has 0 aliphatic carbocycles. The highest BCUT2D eigenvalue weighted by molar-refractivity contribution is 5.65. The summed E-state index contributed by atoms with van der Waals surface area (Å²) >= 11 is 0. The Kier molecular flexibility index (Phi) is 2.37. The van der Waals surface area contributed by atoms with Gasteiger partial charge in [-0.25, -0.2) is 9.97 Å². The maximum Gasteiger partial charge on any atom is 0.234 e. The van der Waals surface area contributed by atoms with E-state index in [1.54, 1.807) is 24.4 Å². The molecule has 0 amide bonds. The largest absolute Gasteiger partial charge is 0.504 e. The molecule has 0 fully saturated rings. The summed E-state index contributed by atoms with van der Waals surface area (Å²) in [5, 5.41) is 9.56. The van der Waals surface area contributed by atoms with Gasteiger partial charge in [0.05, 0.1) is 12.8 Å². The van der Waals surface area contributed by atoms with Crippen LogP contribution in [0.5, 0.6) is 11.5 Å². The van der Waals surface area contributed by atoms with Crippen LogP contribution in [0.25, 0.3) is 17.0 Å². The van der Waals surface area contributed by atoms with Crippen LogP contribution in [0.3, 0.4) is 0 Å². The maximum atomic E-state index is 9.56. The zero-order valence-corrected chi connectivity index (χ0v) is 9.74. The van der Waals surface area contributed by atoms with Gasteiger partial charge in [0.1, 0.15) is 0 Å². The summed E-state index contributed by atoms with van der Waals surface area (Å²) < 4.78 is 6.92. The van der Waals surface area contributed by atoms with Gasteiger partial charge in [-0.15, -0.1) is 0 Å². The first-order valence-electron chi connectivity index (χ1n) is 5.45. The lowest BCUT2D eigenvalue weighted by Gasteiger charge is -2.04. The van der Waals surface area contributed by atoms with Crippen LogP contribution in [0, 0.1) is 0 Å². The van der Waals surface area contributed by atoms with Crippen LogP contribution in [-0.4, -0.2) is 26.6 Å². The first-order chi connectivity index (χ1) is 8.78. The molecule has 18 heavy (non-hydrogen) atoms. The lowest BCUT2D eigenvalue weighted by atomic mass is 10.1. The Balaban J connectivity index is 2.13. The monoisotopic (exact) mass is 241 g/mol. The molecule has 3 aromatic rings. The molecule has 90 valence electrons. The number of nitrogens with zero attached hydrogens (tertiary/aromatic N) is 3. The molecule has 2 heterocycles. The number of imidazole rings is 1. The van der Waals surface area contributed by atoms with Gasteiger partial charge in [-0.2, -0.15) is 0 Å². The molecule has 1 N–H and O–H groups in total. The van der Waals surface area contributed by atoms with Crippen molar-refractivity contribution in [3.8, 4) is 22.8 Å². The van der Waals surface area contributed by atoms with Crippen molar-refractivity contribution in [2.45, 2.75) is 0 Å². The number of methoxy groups -OCH3 is 1. The van der Waals surface area contributed by atoms with Crippen molar-refractivity contribution < 1.29 is 9.84 Å². The number of hydrogen-bond donors (Lipinski definition) is 1. The molecule has 0 unspecified atom stereocenters. The predicted molar refractivity (Wildman–Crippen MR) is 66.6 cm³/mol. The highest BCUT2D eigenvalue weighted by Gasteiger charge is 2.08. The number of rotatable bonds is 2. The van der Waals surface area contributed by atoms with E-state index in [0.29, 0.717) is 11.5 Å². The van der Waals surface area contributed by atoms with E-state index in [-0.39, 0.29) is 5.75 Å². The Bertz CT molecular complexity index is 673. The molecule has 0 aliphatic heterocycles. The van der Waals surface area contributed by atoms with Crippen molar-refractivity contribution >= 4 is 5.78 Å². The quantitative estimate of drug-likeness (QED) is 0.746. The summed E-state index contributed by atoms with van der Waals surface area (Å²) in [6.45, 7) is 0. The van der Waals surface area contributed by atoms with Crippen molar-refractivity contribution in [3.63, 3.8) is 0 Å². The molecule has 0 bridgehead atoms. The van der Waals surface area contributed by atoms with Crippen LogP contribution in [0.4, 0.5) is 0 Å². The van der Waals surface area contributed by atoms with Crippen molar-refractivity contribution in [3.05, 3.63) is 42.9 Å². The second-order valence-electron chi connectivity index (χ2n) is 3.84. The van der Waals surface area contributed by atoms with Gasteiger partial charge in [0.2, 0.25) is 5.78 Å². The second kappa shape index (κ2) is 4.03. The van der Waals surface area contributed by atoms with E-state index in [9.17, 15) is 5.11 Å². The zero-order valence-electron chi connectivity index (χ0n) is 9.74. The maximum absolute atomic E-state index is 9.56. The van der Waals surface area contributed by atoms with Crippen molar-refractivity contribution in [1.82, 2.24) is 14.4 Å². The minimum Gasteiger partial charge on any atom is -0.504 e. The zero-order chi connectivity index (χ0) is 12.5. The van der Waals surface area contributed by atoms with Gasteiger partial charge in [0.25, 0.3) is 0 Å². The number of aromatic nitrogens is 3. The van der Waals surface area contributed by atoms with Crippen LogP contribution in [0.15, 0.2) is 42.9 Å². The minimum absolute atomic E-state index is 0.114. The van der Waals surface area contributed by atoms with E-state index >= 15 is 0 Å². The van der Waals surface area contributed by atoms with Crippen LogP contribution in [0.2, 0.25) is 0 Å². The third-order valence-electron chi connectivity index (χ3n) is 2.71. The SMILES string of the molecule is COc1cc(-c2cn3cccnc3n2)ccc1O. The molecule has 0 saturated carbocycles. The molecule has 0 radical (unpaired) electrons. The third kappa shape index (κ3) is 1.66. The van der Waals surface area contributed by atoms with Crippen molar-refractivity contribution in [2.24, 2.45) is 0 Å². The first kappa shape index (κ1) is 10.6. The van der Waals surface area contributed by atoms with Crippen LogP contribution < -0.4 is 4.74 Å². The van der Waals surface area contributed by atoms with E-state index in [2.05, 4.69) is 9.97 Å². The Hall–Kier alpha value is -2.56. The second-order valence-corrected chi connectivity index (χ2v) is 3.84. The fourth-order valence-electron chi connectivity index (χ4n) is 1.81. The van der Waals surface area contributed by atoms with Crippen LogP contribution >= 0.6 is 0 Å². The number of ether oxygens (including phenoxy) is 1. The van der Waals surface area contributed by atoms with Gasteiger partial charge in [0.15, 0.2) is 11.5 Å². The molecular formula is C13H11N3O2. The fraction of sp³-hybridized carbons (Fsp3) is 0.0769. The number of phenols is 1. The molecule has 0 aliphatic rings. The molecular weight excluding hydrogens is 230 g/mol. The summed E-state index contributed by atoms with van der Waals surface area (Å²) in [6, 6.07) is 6.97. The van der Waals surface area contributed by atoms with Gasteiger partial charge >= 0.3 is 0 Å². The van der Waals surface area contributed by atoms with E-state index in [1.165, 1.54) is 7.11 Å². The summed E-state index contributed by atoms with van der Waals surface area (Å²) in [5.74, 6) is 1.18. The number of phenolic OH excluding ortho intramolecular Hbond substituents is 1. The Labute approximate surface area is 103 Å². The lowest BCUT2D eigenvalue weighted by molar-refractivity contribution is 0.373. The molecule has 0 saturated heterocycles. The highest BCUT2D eigenvalue weighted by Crippen LogP contribution is 2.30. The van der Waals surface area contributed by atoms with E-state index < -0.39 is 0 Å². The minimum atomic E-state index is 0.114. The van der Waals surface area contributed by atoms with Gasteiger partial charge in [-0.05, 0) is 24.3 Å². The smallest absolute Gasteiger partial charge is 0.234 e. The van der Waals surface area contributed by atoms with E-state index in [4.69, 9.17) is 4.74 Å². The predicted octanol–water partition coefficient (Wildman–Crippen LogP) is 2.11. The molecule has 5 nitrogen and oxygen atoms in total. The first-order valence-corrected chi connectivity index (χ1v) is 5.45. The summed E-state index contributed by atoms with van der Waals surface area (Å²) in [5.41, 5.74) is 1.65. The van der Waals surface area contributed by atoms with Gasteiger partial charge in [-0.1, -0.05) is 0 Å². The number of fused-ring (bicyclic) bond motifs is 1. The average Bonchev–Trinajstić information content (AvgIpc) is 2.83. The third-order valence-corrected chi connectivity index (χ3v) is 2.71. The lowest BCUT2D eigenvalue weighted by Crippen LogP contribution is -1.85. The van der Waals surface area contributed by atoms with Crippen LogP contribution in [0.1, 0.15) is 0 Å². The van der Waals surface area contributed by atoms with Crippen molar-refractivity contribution in [2.75, 3.05) is 7.11 Å². The highest BCUT2D eigenvalue weighted by atomic mass is 16.5. The standard InChI is InChI=1S/C13H11N3O2/c1-18-12-7-9(3-4-11(12)17)10-8-16-6-2-5-14-13(16)15-10/h2-8,17H,1H3. The molecule has 2 aromatic heterocycles. The normalized spacial score (nSPS) is 10.7. The summed E-state index contributed by atoms with van der Waals surface area (Å²) in [4.78, 5) is 8.56. The summed E-state index contributed by atoms with van der Waals surface area (Å²) in [7, 11) is 1.52. The molecule has 5 heteroatoms. The van der Waals surface area contributed by atoms with E-state index in [1.807, 2.05) is 22.9 Å². The van der Waals surface area contributed by atoms with Gasteiger partial charge in [-0.3, -0.25) is 4.40 Å².